The molecule has 1 amide bonds. The van der Waals surface area contributed by atoms with Gasteiger partial charge in [-0.2, -0.15) is 0 Å². The van der Waals surface area contributed by atoms with Gasteiger partial charge in [0.05, 0.1) is 6.04 Å². The Hall–Kier alpha value is -1.91. The molecule has 3 heterocycles. The Labute approximate surface area is 134 Å². The summed E-state index contributed by atoms with van der Waals surface area (Å²) in [6.45, 7) is 0.945. The first-order chi connectivity index (χ1) is 10.8. The zero-order chi connectivity index (χ0) is 15.1. The Kier molecular flexibility index (Phi) is 3.36. The largest absolute Gasteiger partial charge is 0.290 e. The molecule has 4 rings (SSSR count). The van der Waals surface area contributed by atoms with Crippen LogP contribution in [-0.2, 0) is 4.79 Å². The summed E-state index contributed by atoms with van der Waals surface area (Å²) in [4.78, 5) is 21.2. The molecule has 2 atom stereocenters. The van der Waals surface area contributed by atoms with Crippen molar-refractivity contribution in [2.24, 2.45) is 0 Å². The summed E-state index contributed by atoms with van der Waals surface area (Å²) in [5.41, 5.74) is 1.95. The second-order valence-corrected chi connectivity index (χ2v) is 6.17. The number of rotatable bonds is 2. The average Bonchev–Trinajstić information content (AvgIpc) is 3.10. The number of benzene rings is 1. The number of pyridine rings is 1. The van der Waals surface area contributed by atoms with Crippen molar-refractivity contribution >= 4 is 23.2 Å². The smallest absolute Gasteiger partial charge is 0.246 e. The van der Waals surface area contributed by atoms with Gasteiger partial charge in [0, 0.05) is 29.6 Å². The number of carbonyl (C=O) groups excluding carboxylic acids is 1. The Morgan fingerprint density at radius 2 is 2.00 bits per heavy atom. The number of aromatic nitrogens is 1. The summed E-state index contributed by atoms with van der Waals surface area (Å²) >= 11 is 6.12. The fourth-order valence-electron chi connectivity index (χ4n) is 3.55. The van der Waals surface area contributed by atoms with E-state index in [1.165, 1.54) is 0 Å². The maximum absolute atomic E-state index is 12.9. The highest BCUT2D eigenvalue weighted by Gasteiger charge is 2.49. The van der Waals surface area contributed by atoms with Gasteiger partial charge in [0.15, 0.2) is 0 Å². The van der Waals surface area contributed by atoms with Crippen molar-refractivity contribution in [2.75, 3.05) is 11.4 Å². The van der Waals surface area contributed by atoms with Gasteiger partial charge < -0.3 is 0 Å². The highest BCUT2D eigenvalue weighted by atomic mass is 35.5. The van der Waals surface area contributed by atoms with Gasteiger partial charge in [0.25, 0.3) is 0 Å². The maximum atomic E-state index is 12.9. The van der Waals surface area contributed by atoms with Crippen LogP contribution >= 0.6 is 11.6 Å². The van der Waals surface area contributed by atoms with Crippen molar-refractivity contribution in [1.82, 2.24) is 9.88 Å². The first-order valence-corrected chi connectivity index (χ1v) is 7.88. The average molecular weight is 314 g/mol. The molecular formula is C17H16ClN3O. The van der Waals surface area contributed by atoms with E-state index in [0.29, 0.717) is 5.02 Å². The van der Waals surface area contributed by atoms with Crippen LogP contribution in [-0.4, -0.2) is 28.4 Å². The number of fused-ring (bicyclic) bond motifs is 1. The third-order valence-electron chi connectivity index (χ3n) is 4.47. The highest BCUT2D eigenvalue weighted by Crippen LogP contribution is 2.42. The van der Waals surface area contributed by atoms with Crippen molar-refractivity contribution in [3.8, 4) is 0 Å². The fourth-order valence-corrected chi connectivity index (χ4v) is 3.73. The van der Waals surface area contributed by atoms with Crippen LogP contribution in [0, 0.1) is 0 Å². The molecule has 2 fully saturated rings. The first-order valence-electron chi connectivity index (χ1n) is 7.50. The highest BCUT2D eigenvalue weighted by molar-refractivity contribution is 6.31. The van der Waals surface area contributed by atoms with Crippen LogP contribution in [0.15, 0.2) is 48.8 Å². The van der Waals surface area contributed by atoms with Crippen LogP contribution in [0.4, 0.5) is 5.69 Å². The lowest BCUT2D eigenvalue weighted by Crippen LogP contribution is -2.32. The van der Waals surface area contributed by atoms with E-state index >= 15 is 0 Å². The van der Waals surface area contributed by atoms with Crippen molar-refractivity contribution in [1.29, 1.82) is 0 Å². The van der Waals surface area contributed by atoms with Crippen molar-refractivity contribution in [2.45, 2.75) is 25.0 Å². The van der Waals surface area contributed by atoms with Crippen LogP contribution in [0.25, 0.3) is 0 Å². The number of halogens is 1. The number of hydrogen-bond donors (Lipinski definition) is 0. The molecule has 2 aliphatic heterocycles. The van der Waals surface area contributed by atoms with Crippen molar-refractivity contribution in [3.63, 3.8) is 0 Å². The van der Waals surface area contributed by atoms with E-state index in [-0.39, 0.29) is 18.1 Å². The van der Waals surface area contributed by atoms with Gasteiger partial charge >= 0.3 is 0 Å². The Morgan fingerprint density at radius 3 is 2.77 bits per heavy atom. The van der Waals surface area contributed by atoms with Gasteiger partial charge in [0.1, 0.15) is 6.17 Å². The van der Waals surface area contributed by atoms with E-state index in [9.17, 15) is 4.79 Å². The van der Waals surface area contributed by atoms with Crippen LogP contribution in [0.5, 0.6) is 0 Å². The first kappa shape index (κ1) is 13.7. The molecule has 2 aliphatic rings. The summed E-state index contributed by atoms with van der Waals surface area (Å²) in [5.74, 6) is 0.168. The molecule has 4 nitrogen and oxygen atoms in total. The Balaban J connectivity index is 1.82. The molecule has 1 aromatic carbocycles. The molecule has 1 aromatic heterocycles. The second-order valence-electron chi connectivity index (χ2n) is 5.74. The maximum Gasteiger partial charge on any atom is 0.246 e. The van der Waals surface area contributed by atoms with Crippen LogP contribution < -0.4 is 4.90 Å². The number of carbonyl (C=O) groups is 1. The monoisotopic (exact) mass is 313 g/mol. The standard InChI is InChI=1S/C17H16ClN3O/c18-13-3-1-4-14(11-13)21-16(12-6-8-19-9-7-12)20-10-2-5-15(20)17(21)22/h1,3-4,6-9,11,15-16H,2,5,10H2. The third kappa shape index (κ3) is 2.11. The molecule has 5 heteroatoms. The van der Waals surface area contributed by atoms with E-state index in [0.717, 1.165) is 30.6 Å². The van der Waals surface area contributed by atoms with E-state index in [1.54, 1.807) is 12.4 Å². The fraction of sp³-hybridized carbons (Fsp3) is 0.294. The molecule has 2 saturated heterocycles. The van der Waals surface area contributed by atoms with Gasteiger partial charge in [-0.15, -0.1) is 0 Å². The summed E-state index contributed by atoms with van der Waals surface area (Å²) in [7, 11) is 0. The predicted octanol–water partition coefficient (Wildman–Crippen LogP) is 3.24. The summed E-state index contributed by atoms with van der Waals surface area (Å²) < 4.78 is 0. The Morgan fingerprint density at radius 1 is 1.18 bits per heavy atom. The molecular weight excluding hydrogens is 298 g/mol. The molecule has 0 spiro atoms. The van der Waals surface area contributed by atoms with Gasteiger partial charge in [-0.3, -0.25) is 19.6 Å². The van der Waals surface area contributed by atoms with Gasteiger partial charge in [-0.25, -0.2) is 0 Å². The quantitative estimate of drug-likeness (QED) is 0.854. The summed E-state index contributed by atoms with van der Waals surface area (Å²) in [5, 5.41) is 0.644. The van der Waals surface area contributed by atoms with Gasteiger partial charge in [0.2, 0.25) is 5.91 Å². The van der Waals surface area contributed by atoms with Gasteiger partial charge in [-0.1, -0.05) is 17.7 Å². The number of nitrogens with zero attached hydrogens (tertiary/aromatic N) is 3. The minimum atomic E-state index is -0.0681. The molecule has 0 N–H and O–H groups in total. The molecule has 22 heavy (non-hydrogen) atoms. The molecule has 112 valence electrons. The van der Waals surface area contributed by atoms with Crippen molar-refractivity contribution < 1.29 is 4.79 Å². The molecule has 0 aliphatic carbocycles. The van der Waals surface area contributed by atoms with Gasteiger partial charge in [-0.05, 0) is 48.7 Å². The lowest BCUT2D eigenvalue weighted by Gasteiger charge is -2.29. The summed E-state index contributed by atoms with van der Waals surface area (Å²) in [6, 6.07) is 11.5. The van der Waals surface area contributed by atoms with Crippen LogP contribution in [0.3, 0.4) is 0 Å². The lowest BCUT2D eigenvalue weighted by atomic mass is 10.1. The van der Waals surface area contributed by atoms with Crippen LogP contribution in [0.1, 0.15) is 24.6 Å². The van der Waals surface area contributed by atoms with Crippen LogP contribution in [0.2, 0.25) is 5.02 Å². The lowest BCUT2D eigenvalue weighted by molar-refractivity contribution is -0.119. The minimum absolute atomic E-state index is 0.0165. The van der Waals surface area contributed by atoms with E-state index < -0.39 is 0 Å². The van der Waals surface area contributed by atoms with E-state index in [1.807, 2.05) is 41.3 Å². The normalized spacial score (nSPS) is 24.8. The number of anilines is 1. The molecule has 2 aromatic rings. The molecule has 2 unspecified atom stereocenters. The predicted molar refractivity (Wildman–Crippen MR) is 85.6 cm³/mol. The van der Waals surface area contributed by atoms with E-state index in [2.05, 4.69) is 9.88 Å². The SMILES string of the molecule is O=C1C2CCCN2C(c2ccncc2)N1c1cccc(Cl)c1. The molecule has 0 radical (unpaired) electrons. The van der Waals surface area contributed by atoms with Crippen molar-refractivity contribution in [3.05, 3.63) is 59.4 Å². The minimum Gasteiger partial charge on any atom is -0.290 e. The summed E-state index contributed by atoms with van der Waals surface area (Å²) in [6.07, 6.45) is 5.49. The Bertz CT molecular complexity index is 706. The topological polar surface area (TPSA) is 36.4 Å². The zero-order valence-electron chi connectivity index (χ0n) is 12.0. The number of hydrogen-bond acceptors (Lipinski definition) is 3. The molecule has 0 bridgehead atoms. The zero-order valence-corrected chi connectivity index (χ0v) is 12.8. The number of amides is 1. The van der Waals surface area contributed by atoms with E-state index in [4.69, 9.17) is 11.6 Å². The third-order valence-corrected chi connectivity index (χ3v) is 4.70. The second kappa shape index (κ2) is 5.38. The molecule has 0 saturated carbocycles.